The van der Waals surface area contributed by atoms with Crippen LogP contribution in [0.1, 0.15) is 72.1 Å². The van der Waals surface area contributed by atoms with Crippen LogP contribution in [0.4, 0.5) is 0 Å². The molecule has 5 heteroatoms. The summed E-state index contributed by atoms with van der Waals surface area (Å²) in [7, 11) is 0. The van der Waals surface area contributed by atoms with Gasteiger partial charge in [0.15, 0.2) is 0 Å². The molecule has 0 saturated carbocycles. The highest BCUT2D eigenvalue weighted by Crippen LogP contribution is 2.33. The van der Waals surface area contributed by atoms with Gasteiger partial charge in [-0.15, -0.1) is 13.2 Å². The number of allylic oxidation sites excluding steroid dienone is 2. The van der Waals surface area contributed by atoms with E-state index in [1.165, 1.54) is 37.7 Å². The summed E-state index contributed by atoms with van der Waals surface area (Å²) >= 11 is 1.84. The molecule has 3 rings (SSSR count). The van der Waals surface area contributed by atoms with Gasteiger partial charge in [-0.25, -0.2) is 0 Å². The van der Waals surface area contributed by atoms with E-state index in [-0.39, 0.29) is 6.04 Å². The van der Waals surface area contributed by atoms with Crippen molar-refractivity contribution in [2.24, 2.45) is 23.3 Å². The fourth-order valence-electron chi connectivity index (χ4n) is 4.69. The summed E-state index contributed by atoms with van der Waals surface area (Å²) in [6.45, 7) is 18.3. The van der Waals surface area contributed by atoms with E-state index in [9.17, 15) is 0 Å². The van der Waals surface area contributed by atoms with Crippen LogP contribution in [-0.4, -0.2) is 30.4 Å². The molecular formula is C28H50N4S. The Morgan fingerprint density at radius 1 is 1.18 bits per heavy atom. The molecular weight excluding hydrogens is 424 g/mol. The molecule has 0 aromatic rings. The van der Waals surface area contributed by atoms with Crippen LogP contribution in [-0.2, 0) is 0 Å². The molecule has 0 bridgehead atoms. The van der Waals surface area contributed by atoms with E-state index >= 15 is 0 Å². The van der Waals surface area contributed by atoms with Crippen molar-refractivity contribution in [1.82, 2.24) is 10.0 Å². The molecule has 6 N–H and O–H groups in total. The standard InChI is InChI=1S/C24H40N4S.C2H6.C2H4/c1-17(16-27-29-22-12-10-21(26)11-13-22)14-20(15-25)18(2)28-24-9-5-7-19-6-3-4-8-23(19)24;2*1-2/h4,8,10,12,17,20-22,24,27-28H,2-3,5-7,9,11,13-16,25-26H2,1H3;1-2H3;1-2H2. The van der Waals surface area contributed by atoms with Gasteiger partial charge in [0, 0.05) is 36.0 Å². The van der Waals surface area contributed by atoms with E-state index in [1.54, 1.807) is 5.57 Å². The lowest BCUT2D eigenvalue weighted by Crippen LogP contribution is -2.37. The Morgan fingerprint density at radius 3 is 2.61 bits per heavy atom. The molecule has 0 saturated heterocycles. The maximum absolute atomic E-state index is 6.14. The maximum Gasteiger partial charge on any atom is 0.0510 e. The lowest BCUT2D eigenvalue weighted by molar-refractivity contribution is 0.405. The highest BCUT2D eigenvalue weighted by molar-refractivity contribution is 7.98. The van der Waals surface area contributed by atoms with E-state index in [0.29, 0.717) is 29.7 Å². The van der Waals surface area contributed by atoms with Gasteiger partial charge in [-0.2, -0.15) is 0 Å². The lowest BCUT2D eigenvalue weighted by Gasteiger charge is -2.33. The minimum absolute atomic E-state index is 0.245. The second-order valence-electron chi connectivity index (χ2n) is 9.02. The minimum Gasteiger partial charge on any atom is -0.382 e. The molecule has 0 aliphatic heterocycles. The van der Waals surface area contributed by atoms with Gasteiger partial charge in [-0.1, -0.05) is 69.2 Å². The summed E-state index contributed by atoms with van der Waals surface area (Å²) < 4.78 is 3.57. The zero-order chi connectivity index (χ0) is 24.6. The summed E-state index contributed by atoms with van der Waals surface area (Å²) in [5.41, 5.74) is 16.4. The highest BCUT2D eigenvalue weighted by Gasteiger charge is 2.25. The number of hydrogen-bond donors (Lipinski definition) is 4. The van der Waals surface area contributed by atoms with Crippen molar-refractivity contribution in [3.05, 3.63) is 60.9 Å². The van der Waals surface area contributed by atoms with E-state index < -0.39 is 0 Å². The third-order valence-corrected chi connectivity index (χ3v) is 7.54. The smallest absolute Gasteiger partial charge is 0.0510 e. The molecule has 188 valence electrons. The largest absolute Gasteiger partial charge is 0.382 e. The second kappa shape index (κ2) is 17.2. The molecule has 3 aliphatic carbocycles. The SMILES string of the molecule is C=C.C=C(NC1CCCC2=C1C=CCC2)C(CN)CC(C)CNSC1C=CC(N)CC1.CC. The van der Waals surface area contributed by atoms with Crippen LogP contribution in [0.25, 0.3) is 0 Å². The summed E-state index contributed by atoms with van der Waals surface area (Å²) in [4.78, 5) is 0. The first-order valence-electron chi connectivity index (χ1n) is 12.9. The number of hydrogen-bond acceptors (Lipinski definition) is 5. The Morgan fingerprint density at radius 2 is 1.94 bits per heavy atom. The predicted molar refractivity (Wildman–Crippen MR) is 150 cm³/mol. The first-order valence-corrected chi connectivity index (χ1v) is 13.8. The fraction of sp³-hybridized carbons (Fsp3) is 0.643. The van der Waals surface area contributed by atoms with Crippen LogP contribution in [0.5, 0.6) is 0 Å². The highest BCUT2D eigenvalue weighted by atomic mass is 32.2. The molecule has 0 aromatic carbocycles. The van der Waals surface area contributed by atoms with Crippen molar-refractivity contribution in [1.29, 1.82) is 0 Å². The topological polar surface area (TPSA) is 76.1 Å². The Hall–Kier alpha value is -1.27. The van der Waals surface area contributed by atoms with Gasteiger partial charge in [-0.3, -0.25) is 4.72 Å². The van der Waals surface area contributed by atoms with Gasteiger partial charge < -0.3 is 16.8 Å². The van der Waals surface area contributed by atoms with Gasteiger partial charge in [0.05, 0.1) is 6.04 Å². The van der Waals surface area contributed by atoms with Gasteiger partial charge in [0.25, 0.3) is 0 Å². The Balaban J connectivity index is 0.00000129. The lowest BCUT2D eigenvalue weighted by atomic mass is 9.82. The molecule has 0 spiro atoms. The van der Waals surface area contributed by atoms with Gasteiger partial charge in [-0.05, 0) is 62.9 Å². The molecule has 0 radical (unpaired) electrons. The average molecular weight is 475 g/mol. The first kappa shape index (κ1) is 29.8. The summed E-state index contributed by atoms with van der Waals surface area (Å²) in [5, 5.41) is 4.30. The van der Waals surface area contributed by atoms with Crippen LogP contribution in [0, 0.1) is 11.8 Å². The van der Waals surface area contributed by atoms with Crippen LogP contribution in [0.15, 0.2) is 60.9 Å². The number of nitrogens with two attached hydrogens (primary N) is 2. The van der Waals surface area contributed by atoms with Crippen LogP contribution >= 0.6 is 11.9 Å². The van der Waals surface area contributed by atoms with Crippen molar-refractivity contribution in [3.63, 3.8) is 0 Å². The molecule has 4 nitrogen and oxygen atoms in total. The fourth-order valence-corrected chi connectivity index (χ4v) is 5.71. The van der Waals surface area contributed by atoms with Gasteiger partial charge in [0.1, 0.15) is 0 Å². The zero-order valence-electron chi connectivity index (χ0n) is 21.5. The molecule has 3 aliphatic rings. The van der Waals surface area contributed by atoms with Crippen molar-refractivity contribution in [2.45, 2.75) is 89.5 Å². The summed E-state index contributed by atoms with van der Waals surface area (Å²) in [6, 6.07) is 0.667. The molecule has 0 heterocycles. The quantitative estimate of drug-likeness (QED) is 0.231. The second-order valence-corrected chi connectivity index (χ2v) is 10.1. The van der Waals surface area contributed by atoms with Crippen molar-refractivity contribution in [2.75, 3.05) is 13.1 Å². The molecule has 0 aromatic heterocycles. The molecule has 0 fully saturated rings. The molecule has 33 heavy (non-hydrogen) atoms. The predicted octanol–water partition coefficient (Wildman–Crippen LogP) is 6.00. The third kappa shape index (κ3) is 10.3. The van der Waals surface area contributed by atoms with Crippen molar-refractivity contribution in [3.8, 4) is 0 Å². The average Bonchev–Trinajstić information content (AvgIpc) is 2.86. The van der Waals surface area contributed by atoms with Crippen molar-refractivity contribution < 1.29 is 0 Å². The van der Waals surface area contributed by atoms with Crippen LogP contribution in [0.2, 0.25) is 0 Å². The minimum atomic E-state index is 0.245. The monoisotopic (exact) mass is 474 g/mol. The Labute approximate surface area is 208 Å². The molecule has 5 atom stereocenters. The number of rotatable bonds is 10. The Kier molecular flexibility index (Phi) is 15.5. The summed E-state index contributed by atoms with van der Waals surface area (Å²) in [6.07, 6.45) is 18.5. The van der Waals surface area contributed by atoms with Gasteiger partial charge in [0.2, 0.25) is 0 Å². The maximum atomic E-state index is 6.14. The van der Waals surface area contributed by atoms with Crippen LogP contribution in [0.3, 0.4) is 0 Å². The van der Waals surface area contributed by atoms with E-state index in [2.05, 4.69) is 61.0 Å². The molecule has 0 amide bonds. The normalized spacial score (nSPS) is 25.5. The summed E-state index contributed by atoms with van der Waals surface area (Å²) in [5.74, 6) is 0.878. The molecule has 5 unspecified atom stereocenters. The van der Waals surface area contributed by atoms with E-state index in [4.69, 9.17) is 11.5 Å². The number of nitrogens with one attached hydrogen (secondary N) is 2. The third-order valence-electron chi connectivity index (χ3n) is 6.51. The van der Waals surface area contributed by atoms with Crippen LogP contribution < -0.4 is 21.5 Å². The zero-order valence-corrected chi connectivity index (χ0v) is 22.3. The van der Waals surface area contributed by atoms with Gasteiger partial charge >= 0.3 is 0 Å². The van der Waals surface area contributed by atoms with E-state index in [0.717, 1.165) is 31.5 Å². The van der Waals surface area contributed by atoms with E-state index in [1.807, 2.05) is 25.8 Å². The van der Waals surface area contributed by atoms with Crippen molar-refractivity contribution >= 4 is 11.9 Å². The first-order chi connectivity index (χ1) is 16.1. The Bertz CT molecular complexity index is 654.